The van der Waals surface area contributed by atoms with Crippen LogP contribution in [0.5, 0.6) is 5.75 Å². The average Bonchev–Trinajstić information content (AvgIpc) is 3.15. The van der Waals surface area contributed by atoms with Crippen LogP contribution >= 0.6 is 11.3 Å². The summed E-state index contributed by atoms with van der Waals surface area (Å²) in [5.74, 6) is 1.56. The van der Waals surface area contributed by atoms with Crippen LogP contribution in [0.1, 0.15) is 5.56 Å². The molecule has 3 heterocycles. The van der Waals surface area contributed by atoms with Crippen molar-refractivity contribution in [1.29, 1.82) is 0 Å². The van der Waals surface area contributed by atoms with E-state index in [9.17, 15) is 0 Å². The predicted octanol–water partition coefficient (Wildman–Crippen LogP) is 5.49. The standard InChI is InChI=1S/C22H15N3OS/c1-2-5-15(6-3-1)22-24-12-20-21(25-22)17(14-27-20)13-26-18-8-9-19-16(11-18)7-4-10-23-19/h1-12,14H,13H2. The van der Waals surface area contributed by atoms with Crippen molar-refractivity contribution in [3.05, 3.63) is 84.0 Å². The zero-order valence-corrected chi connectivity index (χ0v) is 15.2. The van der Waals surface area contributed by atoms with Gasteiger partial charge in [0.05, 0.1) is 15.7 Å². The van der Waals surface area contributed by atoms with Gasteiger partial charge in [0.1, 0.15) is 12.4 Å². The van der Waals surface area contributed by atoms with Crippen molar-refractivity contribution in [3.8, 4) is 17.1 Å². The maximum atomic E-state index is 6.03. The summed E-state index contributed by atoms with van der Waals surface area (Å²) in [7, 11) is 0. The van der Waals surface area contributed by atoms with Gasteiger partial charge in [0.2, 0.25) is 0 Å². The molecule has 0 aliphatic carbocycles. The third kappa shape index (κ3) is 3.13. The average molecular weight is 369 g/mol. The van der Waals surface area contributed by atoms with Crippen LogP contribution in [-0.4, -0.2) is 15.0 Å². The first kappa shape index (κ1) is 15.9. The first-order valence-electron chi connectivity index (χ1n) is 8.63. The minimum Gasteiger partial charge on any atom is -0.489 e. The van der Waals surface area contributed by atoms with E-state index in [-0.39, 0.29) is 0 Å². The number of ether oxygens (including phenoxy) is 1. The van der Waals surface area contributed by atoms with Crippen molar-refractivity contribution in [2.75, 3.05) is 0 Å². The largest absolute Gasteiger partial charge is 0.489 e. The molecular weight excluding hydrogens is 354 g/mol. The number of fused-ring (bicyclic) bond motifs is 2. The van der Waals surface area contributed by atoms with E-state index in [0.717, 1.165) is 43.8 Å². The second-order valence-corrected chi connectivity index (χ2v) is 7.09. The van der Waals surface area contributed by atoms with Gasteiger partial charge >= 0.3 is 0 Å². The summed E-state index contributed by atoms with van der Waals surface area (Å²) in [6.07, 6.45) is 3.69. The smallest absolute Gasteiger partial charge is 0.159 e. The number of thiophene rings is 1. The van der Waals surface area contributed by atoms with Crippen molar-refractivity contribution in [2.45, 2.75) is 6.61 Å². The Labute approximate surface area is 160 Å². The number of aromatic nitrogens is 3. The highest BCUT2D eigenvalue weighted by molar-refractivity contribution is 7.17. The fourth-order valence-corrected chi connectivity index (χ4v) is 3.86. The van der Waals surface area contributed by atoms with Crippen LogP contribution in [0.3, 0.4) is 0 Å². The van der Waals surface area contributed by atoms with Crippen LogP contribution in [0.4, 0.5) is 0 Å². The van der Waals surface area contributed by atoms with Gasteiger partial charge in [-0.25, -0.2) is 9.97 Å². The van der Waals surface area contributed by atoms with Crippen molar-refractivity contribution in [2.24, 2.45) is 0 Å². The first-order valence-corrected chi connectivity index (χ1v) is 9.51. The number of pyridine rings is 1. The van der Waals surface area contributed by atoms with Crippen molar-refractivity contribution in [1.82, 2.24) is 15.0 Å². The highest BCUT2D eigenvalue weighted by Crippen LogP contribution is 2.28. The van der Waals surface area contributed by atoms with Crippen LogP contribution in [0.25, 0.3) is 32.5 Å². The molecule has 4 nitrogen and oxygen atoms in total. The molecule has 0 atom stereocenters. The lowest BCUT2D eigenvalue weighted by atomic mass is 10.2. The Morgan fingerprint density at radius 2 is 1.85 bits per heavy atom. The summed E-state index contributed by atoms with van der Waals surface area (Å²) in [4.78, 5) is 13.6. The Kier molecular flexibility index (Phi) is 3.99. The molecule has 0 aliphatic rings. The summed E-state index contributed by atoms with van der Waals surface area (Å²) in [6, 6.07) is 19.9. The molecule has 27 heavy (non-hydrogen) atoms. The van der Waals surface area contributed by atoms with Crippen LogP contribution < -0.4 is 4.74 Å². The van der Waals surface area contributed by atoms with Crippen molar-refractivity contribution < 1.29 is 4.74 Å². The second kappa shape index (κ2) is 6.78. The summed E-state index contributed by atoms with van der Waals surface area (Å²) < 4.78 is 7.10. The summed E-state index contributed by atoms with van der Waals surface area (Å²) in [5.41, 5.74) is 4.00. The monoisotopic (exact) mass is 369 g/mol. The lowest BCUT2D eigenvalue weighted by Gasteiger charge is -2.07. The molecule has 5 aromatic rings. The molecule has 3 aromatic heterocycles. The lowest BCUT2D eigenvalue weighted by Crippen LogP contribution is -1.96. The van der Waals surface area contributed by atoms with E-state index in [1.807, 2.05) is 66.9 Å². The SMILES string of the molecule is c1ccc(-c2ncc3scc(COc4ccc5ncccc5c4)c3n2)cc1. The van der Waals surface area contributed by atoms with Crippen LogP contribution in [-0.2, 0) is 6.61 Å². The maximum absolute atomic E-state index is 6.03. The number of rotatable bonds is 4. The number of hydrogen-bond donors (Lipinski definition) is 0. The number of hydrogen-bond acceptors (Lipinski definition) is 5. The molecule has 5 heteroatoms. The highest BCUT2D eigenvalue weighted by atomic mass is 32.1. The van der Waals surface area contributed by atoms with Crippen molar-refractivity contribution in [3.63, 3.8) is 0 Å². The van der Waals surface area contributed by atoms with E-state index in [0.29, 0.717) is 6.61 Å². The summed E-state index contributed by atoms with van der Waals surface area (Å²) >= 11 is 1.64. The molecule has 5 rings (SSSR count). The van der Waals surface area contributed by atoms with Gasteiger partial charge in [-0.15, -0.1) is 11.3 Å². The van der Waals surface area contributed by atoms with Gasteiger partial charge in [0.15, 0.2) is 5.82 Å². The molecule has 0 amide bonds. The molecular formula is C22H15N3OS. The molecule has 2 aromatic carbocycles. The van der Waals surface area contributed by atoms with E-state index in [1.54, 1.807) is 17.5 Å². The highest BCUT2D eigenvalue weighted by Gasteiger charge is 2.10. The maximum Gasteiger partial charge on any atom is 0.159 e. The molecule has 0 saturated carbocycles. The molecule has 0 saturated heterocycles. The molecule has 130 valence electrons. The zero-order valence-electron chi connectivity index (χ0n) is 14.4. The van der Waals surface area contributed by atoms with Crippen LogP contribution in [0.15, 0.2) is 78.4 Å². The van der Waals surface area contributed by atoms with Gasteiger partial charge in [-0.2, -0.15) is 0 Å². The normalized spacial score (nSPS) is 11.1. The molecule has 0 N–H and O–H groups in total. The number of nitrogens with zero attached hydrogens (tertiary/aromatic N) is 3. The topological polar surface area (TPSA) is 47.9 Å². The van der Waals surface area contributed by atoms with Gasteiger partial charge in [-0.05, 0) is 24.3 Å². The van der Waals surface area contributed by atoms with Gasteiger partial charge in [-0.1, -0.05) is 36.4 Å². The zero-order chi connectivity index (χ0) is 18.1. The molecule has 0 radical (unpaired) electrons. The Balaban J connectivity index is 1.44. The predicted molar refractivity (Wildman–Crippen MR) is 109 cm³/mol. The minimum atomic E-state index is 0.469. The second-order valence-electron chi connectivity index (χ2n) is 6.18. The third-order valence-electron chi connectivity index (χ3n) is 4.39. The van der Waals surface area contributed by atoms with E-state index in [4.69, 9.17) is 9.72 Å². The summed E-state index contributed by atoms with van der Waals surface area (Å²) in [6.45, 7) is 0.469. The van der Waals surface area contributed by atoms with Crippen LogP contribution in [0.2, 0.25) is 0 Å². The Morgan fingerprint density at radius 3 is 2.78 bits per heavy atom. The third-order valence-corrected chi connectivity index (χ3v) is 5.34. The van der Waals surface area contributed by atoms with Gasteiger partial charge in [0, 0.05) is 34.3 Å². The fourth-order valence-electron chi connectivity index (χ4n) is 3.01. The van der Waals surface area contributed by atoms with E-state index in [1.165, 1.54) is 0 Å². The van der Waals surface area contributed by atoms with E-state index < -0.39 is 0 Å². The van der Waals surface area contributed by atoms with E-state index >= 15 is 0 Å². The number of benzene rings is 2. The molecule has 0 fully saturated rings. The Morgan fingerprint density at radius 1 is 0.926 bits per heavy atom. The van der Waals surface area contributed by atoms with E-state index in [2.05, 4.69) is 15.3 Å². The first-order chi connectivity index (χ1) is 13.4. The van der Waals surface area contributed by atoms with Gasteiger partial charge < -0.3 is 4.74 Å². The summed E-state index contributed by atoms with van der Waals surface area (Å²) in [5, 5.41) is 3.16. The minimum absolute atomic E-state index is 0.469. The van der Waals surface area contributed by atoms with Crippen molar-refractivity contribution >= 4 is 32.5 Å². The lowest BCUT2D eigenvalue weighted by molar-refractivity contribution is 0.308. The molecule has 0 bridgehead atoms. The molecule has 0 aliphatic heterocycles. The molecule has 0 unspecified atom stereocenters. The van der Waals surface area contributed by atoms with Crippen LogP contribution in [0, 0.1) is 0 Å². The Bertz CT molecular complexity index is 1230. The Hall–Kier alpha value is -3.31. The fraction of sp³-hybridized carbons (Fsp3) is 0.0455. The quantitative estimate of drug-likeness (QED) is 0.420. The van der Waals surface area contributed by atoms with Gasteiger partial charge in [-0.3, -0.25) is 4.98 Å². The van der Waals surface area contributed by atoms with Gasteiger partial charge in [0.25, 0.3) is 0 Å². The molecule has 0 spiro atoms.